The molecule has 2 N–H and O–H groups in total. The third kappa shape index (κ3) is 2.77. The number of nitrogen functional groups attached to an aromatic ring is 1. The van der Waals surface area contributed by atoms with Gasteiger partial charge in [0, 0.05) is 12.1 Å². The largest absolute Gasteiger partial charge is 0.486 e. The van der Waals surface area contributed by atoms with Crippen molar-refractivity contribution in [1.82, 2.24) is 0 Å². The molecule has 0 atom stereocenters. The van der Waals surface area contributed by atoms with Crippen LogP contribution in [0, 0.1) is 18.6 Å². The topological polar surface area (TPSA) is 35.2 Å². The Labute approximate surface area is 104 Å². The molecule has 18 heavy (non-hydrogen) atoms. The Balaban J connectivity index is 2.13. The molecule has 0 saturated carbocycles. The van der Waals surface area contributed by atoms with Crippen molar-refractivity contribution in [3.63, 3.8) is 0 Å². The maximum absolute atomic E-state index is 13.4. The zero-order chi connectivity index (χ0) is 13.1. The van der Waals surface area contributed by atoms with Crippen molar-refractivity contribution in [2.24, 2.45) is 0 Å². The van der Waals surface area contributed by atoms with Crippen LogP contribution in [-0.4, -0.2) is 0 Å². The van der Waals surface area contributed by atoms with E-state index in [1.807, 2.05) is 31.2 Å². The SMILES string of the molecule is Cc1cccc(COc2cc(F)c(N)cc2F)c1. The standard InChI is InChI=1S/C14H13F2NO/c1-9-3-2-4-10(5-9)8-18-14-7-11(15)13(17)6-12(14)16/h2-7H,8,17H2,1H3. The first-order valence-electron chi connectivity index (χ1n) is 5.49. The van der Waals surface area contributed by atoms with Crippen LogP contribution in [0.4, 0.5) is 14.5 Å². The van der Waals surface area contributed by atoms with E-state index in [-0.39, 0.29) is 18.0 Å². The van der Waals surface area contributed by atoms with E-state index < -0.39 is 11.6 Å². The highest BCUT2D eigenvalue weighted by molar-refractivity contribution is 5.44. The lowest BCUT2D eigenvalue weighted by Crippen LogP contribution is -2.00. The van der Waals surface area contributed by atoms with Gasteiger partial charge >= 0.3 is 0 Å². The van der Waals surface area contributed by atoms with Gasteiger partial charge < -0.3 is 10.5 Å². The summed E-state index contributed by atoms with van der Waals surface area (Å²) in [5.74, 6) is -1.49. The predicted molar refractivity (Wildman–Crippen MR) is 66.3 cm³/mol. The smallest absolute Gasteiger partial charge is 0.167 e. The van der Waals surface area contributed by atoms with E-state index >= 15 is 0 Å². The molecule has 2 aromatic carbocycles. The minimum absolute atomic E-state index is 0.136. The molecule has 94 valence electrons. The molecule has 2 rings (SSSR count). The molecule has 0 fully saturated rings. The normalized spacial score (nSPS) is 10.4. The van der Waals surface area contributed by atoms with Crippen molar-refractivity contribution in [2.45, 2.75) is 13.5 Å². The number of nitrogens with two attached hydrogens (primary N) is 1. The third-order valence-electron chi connectivity index (χ3n) is 2.53. The first-order chi connectivity index (χ1) is 8.56. The minimum atomic E-state index is -0.685. The second-order valence-corrected chi connectivity index (χ2v) is 4.08. The van der Waals surface area contributed by atoms with Gasteiger partial charge in [-0.05, 0) is 12.5 Å². The van der Waals surface area contributed by atoms with Gasteiger partial charge in [-0.25, -0.2) is 8.78 Å². The Morgan fingerprint density at radius 2 is 1.89 bits per heavy atom. The predicted octanol–water partition coefficient (Wildman–Crippen LogP) is 3.43. The number of hydrogen-bond donors (Lipinski definition) is 1. The van der Waals surface area contributed by atoms with Gasteiger partial charge in [-0.15, -0.1) is 0 Å². The molecule has 0 aromatic heterocycles. The van der Waals surface area contributed by atoms with E-state index in [9.17, 15) is 8.78 Å². The first-order valence-corrected chi connectivity index (χ1v) is 5.49. The molecule has 0 bridgehead atoms. The lowest BCUT2D eigenvalue weighted by atomic mass is 10.1. The summed E-state index contributed by atoms with van der Waals surface area (Å²) in [5, 5.41) is 0. The summed E-state index contributed by atoms with van der Waals surface area (Å²) >= 11 is 0. The van der Waals surface area contributed by atoms with Crippen LogP contribution in [0.15, 0.2) is 36.4 Å². The van der Waals surface area contributed by atoms with E-state index in [4.69, 9.17) is 10.5 Å². The lowest BCUT2D eigenvalue weighted by molar-refractivity contribution is 0.288. The molecule has 0 aliphatic rings. The second-order valence-electron chi connectivity index (χ2n) is 4.08. The third-order valence-corrected chi connectivity index (χ3v) is 2.53. The molecular weight excluding hydrogens is 236 g/mol. The van der Waals surface area contributed by atoms with Crippen molar-refractivity contribution >= 4 is 5.69 Å². The van der Waals surface area contributed by atoms with Gasteiger partial charge in [0.1, 0.15) is 12.4 Å². The van der Waals surface area contributed by atoms with Gasteiger partial charge in [0.2, 0.25) is 0 Å². The quantitative estimate of drug-likeness (QED) is 0.846. The van der Waals surface area contributed by atoms with Crippen LogP contribution in [0.25, 0.3) is 0 Å². The highest BCUT2D eigenvalue weighted by atomic mass is 19.1. The number of anilines is 1. The summed E-state index contributed by atoms with van der Waals surface area (Å²) in [4.78, 5) is 0. The van der Waals surface area contributed by atoms with Gasteiger partial charge in [-0.3, -0.25) is 0 Å². The minimum Gasteiger partial charge on any atom is -0.486 e. The number of hydrogen-bond acceptors (Lipinski definition) is 2. The monoisotopic (exact) mass is 249 g/mol. The van der Waals surface area contributed by atoms with Crippen LogP contribution in [-0.2, 0) is 6.61 Å². The van der Waals surface area contributed by atoms with Crippen LogP contribution in [0.2, 0.25) is 0 Å². The summed E-state index contributed by atoms with van der Waals surface area (Å²) in [6, 6.07) is 9.49. The molecule has 0 spiro atoms. The number of aryl methyl sites for hydroxylation is 1. The molecule has 0 unspecified atom stereocenters. The Morgan fingerprint density at radius 3 is 2.61 bits per heavy atom. The van der Waals surface area contributed by atoms with E-state index in [2.05, 4.69) is 0 Å². The van der Waals surface area contributed by atoms with Crippen LogP contribution < -0.4 is 10.5 Å². The zero-order valence-corrected chi connectivity index (χ0v) is 9.91. The van der Waals surface area contributed by atoms with E-state index in [1.165, 1.54) is 0 Å². The van der Waals surface area contributed by atoms with E-state index in [0.29, 0.717) is 0 Å². The summed E-state index contributed by atoms with van der Waals surface area (Å²) in [5.41, 5.74) is 7.00. The number of halogens is 2. The molecular formula is C14H13F2NO. The fourth-order valence-electron chi connectivity index (χ4n) is 1.62. The maximum atomic E-state index is 13.4. The van der Waals surface area contributed by atoms with Gasteiger partial charge in [-0.1, -0.05) is 29.8 Å². The van der Waals surface area contributed by atoms with Crippen LogP contribution in [0.5, 0.6) is 5.75 Å². The number of benzene rings is 2. The summed E-state index contributed by atoms with van der Waals surface area (Å²) in [6.45, 7) is 2.13. The molecule has 0 aliphatic heterocycles. The Bertz CT molecular complexity index is 570. The van der Waals surface area contributed by atoms with Crippen molar-refractivity contribution in [3.05, 3.63) is 59.2 Å². The van der Waals surface area contributed by atoms with Crippen LogP contribution in [0.1, 0.15) is 11.1 Å². The molecule has 2 aromatic rings. The molecule has 0 aliphatic carbocycles. The molecule has 2 nitrogen and oxygen atoms in total. The molecule has 0 radical (unpaired) electrons. The van der Waals surface area contributed by atoms with Gasteiger partial charge in [0.15, 0.2) is 11.6 Å². The Hall–Kier alpha value is -2.10. The maximum Gasteiger partial charge on any atom is 0.167 e. The van der Waals surface area contributed by atoms with Crippen molar-refractivity contribution < 1.29 is 13.5 Å². The highest BCUT2D eigenvalue weighted by Crippen LogP contribution is 2.23. The second kappa shape index (κ2) is 5.04. The van der Waals surface area contributed by atoms with Crippen molar-refractivity contribution in [2.75, 3.05) is 5.73 Å². The summed E-state index contributed by atoms with van der Waals surface area (Å²) < 4.78 is 31.9. The van der Waals surface area contributed by atoms with Crippen LogP contribution in [0.3, 0.4) is 0 Å². The summed E-state index contributed by atoms with van der Waals surface area (Å²) in [6.07, 6.45) is 0. The first kappa shape index (κ1) is 12.4. The van der Waals surface area contributed by atoms with Crippen LogP contribution >= 0.6 is 0 Å². The molecule has 0 heterocycles. The van der Waals surface area contributed by atoms with Gasteiger partial charge in [0.25, 0.3) is 0 Å². The Morgan fingerprint density at radius 1 is 1.11 bits per heavy atom. The van der Waals surface area contributed by atoms with Gasteiger partial charge in [0.05, 0.1) is 5.69 Å². The number of rotatable bonds is 3. The average Bonchev–Trinajstić information content (AvgIpc) is 2.32. The molecule has 0 amide bonds. The lowest BCUT2D eigenvalue weighted by Gasteiger charge is -2.09. The highest BCUT2D eigenvalue weighted by Gasteiger charge is 2.09. The fraction of sp³-hybridized carbons (Fsp3) is 0.143. The fourth-order valence-corrected chi connectivity index (χ4v) is 1.62. The van der Waals surface area contributed by atoms with E-state index in [1.54, 1.807) is 0 Å². The Kier molecular flexibility index (Phi) is 3.46. The van der Waals surface area contributed by atoms with E-state index in [0.717, 1.165) is 23.3 Å². The zero-order valence-electron chi connectivity index (χ0n) is 9.91. The summed E-state index contributed by atoms with van der Waals surface area (Å²) in [7, 11) is 0. The average molecular weight is 249 g/mol. The van der Waals surface area contributed by atoms with Crippen molar-refractivity contribution in [1.29, 1.82) is 0 Å². The molecule has 4 heteroatoms. The number of ether oxygens (including phenoxy) is 1. The molecule has 0 saturated heterocycles. The van der Waals surface area contributed by atoms with Gasteiger partial charge in [-0.2, -0.15) is 0 Å². The van der Waals surface area contributed by atoms with Crippen molar-refractivity contribution in [3.8, 4) is 5.75 Å².